The molecule has 0 fully saturated rings. The largest absolute Gasteiger partial charge is 0.382 e. The van der Waals surface area contributed by atoms with Gasteiger partial charge in [-0.2, -0.15) is 0 Å². The van der Waals surface area contributed by atoms with Gasteiger partial charge in [0.05, 0.1) is 13.2 Å². The van der Waals surface area contributed by atoms with Crippen LogP contribution in [0.4, 0.5) is 0 Å². The van der Waals surface area contributed by atoms with Crippen LogP contribution in [-0.4, -0.2) is 56.2 Å². The molecule has 0 N–H and O–H groups in total. The monoisotopic (exact) mass is 267 g/mol. The van der Waals surface area contributed by atoms with Gasteiger partial charge in [0.15, 0.2) is 0 Å². The molecular weight excluding hydrogens is 250 g/mol. The van der Waals surface area contributed by atoms with Crippen molar-refractivity contribution in [2.45, 2.75) is 13.0 Å². The first-order valence-corrected chi connectivity index (χ1v) is 5.64. The van der Waals surface area contributed by atoms with Crippen molar-refractivity contribution < 1.29 is 14.3 Å². The zero-order valence-corrected chi connectivity index (χ0v) is 10.5. The maximum atomic E-state index is 11.4. The van der Waals surface area contributed by atoms with Gasteiger partial charge in [0.1, 0.15) is 6.61 Å². The first kappa shape index (κ1) is 13.9. The topological polar surface area (TPSA) is 38.8 Å². The normalized spacial score (nSPS) is 12.6. The number of carbonyl (C=O) groups excluding carboxylic acids is 1. The highest BCUT2D eigenvalue weighted by molar-refractivity contribution is 9.09. The van der Waals surface area contributed by atoms with E-state index in [0.29, 0.717) is 13.2 Å². The third kappa shape index (κ3) is 5.57. The number of alkyl halides is 1. The lowest BCUT2D eigenvalue weighted by Gasteiger charge is -2.22. The zero-order valence-electron chi connectivity index (χ0n) is 8.96. The molecule has 4 nitrogen and oxygen atoms in total. The van der Waals surface area contributed by atoms with Crippen LogP contribution in [0.25, 0.3) is 0 Å². The summed E-state index contributed by atoms with van der Waals surface area (Å²) in [6, 6.07) is 0.188. The number of amides is 1. The van der Waals surface area contributed by atoms with Crippen molar-refractivity contribution in [3.63, 3.8) is 0 Å². The summed E-state index contributed by atoms with van der Waals surface area (Å²) in [7, 11) is 3.37. The molecule has 0 spiro atoms. The van der Waals surface area contributed by atoms with Gasteiger partial charge in [-0.3, -0.25) is 4.79 Å². The minimum absolute atomic E-state index is 0.00643. The van der Waals surface area contributed by atoms with Crippen molar-refractivity contribution in [2.75, 3.05) is 39.3 Å². The number of ether oxygens (including phenoxy) is 2. The fraction of sp³-hybridized carbons (Fsp3) is 0.889. The van der Waals surface area contributed by atoms with Gasteiger partial charge in [-0.25, -0.2) is 0 Å². The quantitative estimate of drug-likeness (QED) is 0.508. The van der Waals surface area contributed by atoms with E-state index in [1.807, 2.05) is 6.92 Å². The highest BCUT2D eigenvalue weighted by atomic mass is 79.9. The SMILES string of the molecule is COCCOCC(=O)N(C)C(C)CBr. The zero-order chi connectivity index (χ0) is 11.0. The van der Waals surface area contributed by atoms with Crippen LogP contribution < -0.4 is 0 Å². The number of likely N-dealkylation sites (N-methyl/N-ethyl adjacent to an activating group) is 1. The number of methoxy groups -OCH3 is 1. The molecule has 1 atom stereocenters. The van der Waals surface area contributed by atoms with E-state index in [0.717, 1.165) is 5.33 Å². The van der Waals surface area contributed by atoms with E-state index < -0.39 is 0 Å². The number of rotatable bonds is 7. The van der Waals surface area contributed by atoms with Crippen LogP contribution in [0.15, 0.2) is 0 Å². The summed E-state index contributed by atoms with van der Waals surface area (Å²) in [4.78, 5) is 13.1. The molecule has 0 saturated carbocycles. The Morgan fingerprint density at radius 2 is 2.14 bits per heavy atom. The molecule has 0 radical (unpaired) electrons. The first-order chi connectivity index (χ1) is 6.63. The van der Waals surface area contributed by atoms with Crippen LogP contribution in [0.1, 0.15) is 6.92 Å². The van der Waals surface area contributed by atoms with Crippen molar-refractivity contribution in [3.8, 4) is 0 Å². The number of hydrogen-bond donors (Lipinski definition) is 0. The van der Waals surface area contributed by atoms with Gasteiger partial charge in [-0.1, -0.05) is 15.9 Å². The van der Waals surface area contributed by atoms with E-state index in [1.54, 1.807) is 19.1 Å². The van der Waals surface area contributed by atoms with Gasteiger partial charge in [0.25, 0.3) is 0 Å². The lowest BCUT2D eigenvalue weighted by Crippen LogP contribution is -2.38. The molecule has 1 unspecified atom stereocenters. The van der Waals surface area contributed by atoms with Gasteiger partial charge < -0.3 is 14.4 Å². The minimum atomic E-state index is -0.00643. The van der Waals surface area contributed by atoms with Crippen LogP contribution in [0.3, 0.4) is 0 Å². The van der Waals surface area contributed by atoms with E-state index in [2.05, 4.69) is 15.9 Å². The van der Waals surface area contributed by atoms with Gasteiger partial charge in [0, 0.05) is 25.5 Å². The summed E-state index contributed by atoms with van der Waals surface area (Å²) in [5, 5.41) is 0.771. The summed E-state index contributed by atoms with van der Waals surface area (Å²) < 4.78 is 9.92. The molecule has 0 aliphatic rings. The maximum absolute atomic E-state index is 11.4. The van der Waals surface area contributed by atoms with Gasteiger partial charge in [-0.15, -0.1) is 0 Å². The molecule has 0 heterocycles. The smallest absolute Gasteiger partial charge is 0.248 e. The van der Waals surface area contributed by atoms with Gasteiger partial charge >= 0.3 is 0 Å². The van der Waals surface area contributed by atoms with Crippen LogP contribution in [0, 0.1) is 0 Å². The van der Waals surface area contributed by atoms with Crippen LogP contribution >= 0.6 is 15.9 Å². The van der Waals surface area contributed by atoms with Crippen molar-refractivity contribution in [2.24, 2.45) is 0 Å². The number of hydrogen-bond acceptors (Lipinski definition) is 3. The van der Waals surface area contributed by atoms with E-state index in [-0.39, 0.29) is 18.6 Å². The Hall–Kier alpha value is -0.130. The Kier molecular flexibility index (Phi) is 8.12. The second-order valence-electron chi connectivity index (χ2n) is 3.05. The predicted molar refractivity (Wildman–Crippen MR) is 58.7 cm³/mol. The number of carbonyl (C=O) groups is 1. The minimum Gasteiger partial charge on any atom is -0.382 e. The highest BCUT2D eigenvalue weighted by Gasteiger charge is 2.13. The fourth-order valence-corrected chi connectivity index (χ4v) is 1.19. The van der Waals surface area contributed by atoms with E-state index in [9.17, 15) is 4.79 Å². The van der Waals surface area contributed by atoms with E-state index in [1.165, 1.54) is 0 Å². The molecule has 0 aliphatic carbocycles. The van der Waals surface area contributed by atoms with Crippen molar-refractivity contribution >= 4 is 21.8 Å². The summed E-state index contributed by atoms with van der Waals surface area (Å²) in [5.41, 5.74) is 0. The maximum Gasteiger partial charge on any atom is 0.248 e. The predicted octanol–water partition coefficient (Wildman–Crippen LogP) is 0.891. The Morgan fingerprint density at radius 3 is 2.64 bits per heavy atom. The number of halogens is 1. The Morgan fingerprint density at radius 1 is 1.50 bits per heavy atom. The highest BCUT2D eigenvalue weighted by Crippen LogP contribution is 2.00. The Balaban J connectivity index is 3.62. The molecule has 5 heteroatoms. The molecule has 0 bridgehead atoms. The standard InChI is InChI=1S/C9H18BrNO3/c1-8(6-10)11(2)9(12)7-14-5-4-13-3/h8H,4-7H2,1-3H3. The molecule has 84 valence electrons. The average molecular weight is 268 g/mol. The molecule has 0 rings (SSSR count). The Labute approximate surface area is 93.7 Å². The van der Waals surface area contributed by atoms with E-state index >= 15 is 0 Å². The van der Waals surface area contributed by atoms with Crippen LogP contribution in [0.5, 0.6) is 0 Å². The Bertz CT molecular complexity index is 166. The van der Waals surface area contributed by atoms with Gasteiger partial charge in [0.2, 0.25) is 5.91 Å². The summed E-state index contributed by atoms with van der Waals surface area (Å²) in [6.45, 7) is 3.07. The molecular formula is C9H18BrNO3. The molecule has 0 aromatic carbocycles. The molecule has 0 saturated heterocycles. The lowest BCUT2D eigenvalue weighted by atomic mass is 10.3. The van der Waals surface area contributed by atoms with Gasteiger partial charge in [-0.05, 0) is 6.92 Å². The summed E-state index contributed by atoms with van der Waals surface area (Å²) in [5.74, 6) is -0.00643. The van der Waals surface area contributed by atoms with Crippen molar-refractivity contribution in [1.82, 2.24) is 4.90 Å². The van der Waals surface area contributed by atoms with Crippen molar-refractivity contribution in [1.29, 1.82) is 0 Å². The third-order valence-corrected chi connectivity index (χ3v) is 2.87. The molecule has 0 aromatic heterocycles. The molecule has 14 heavy (non-hydrogen) atoms. The molecule has 1 amide bonds. The third-order valence-electron chi connectivity index (χ3n) is 1.94. The second kappa shape index (κ2) is 8.20. The van der Waals surface area contributed by atoms with Crippen LogP contribution in [0.2, 0.25) is 0 Å². The average Bonchev–Trinajstić information content (AvgIpc) is 2.21. The molecule has 0 aliphatic heterocycles. The second-order valence-corrected chi connectivity index (χ2v) is 3.70. The fourth-order valence-electron chi connectivity index (χ4n) is 0.753. The van der Waals surface area contributed by atoms with Crippen LogP contribution in [-0.2, 0) is 14.3 Å². The molecule has 0 aromatic rings. The number of nitrogens with zero attached hydrogens (tertiary/aromatic N) is 1. The summed E-state index contributed by atoms with van der Waals surface area (Å²) >= 11 is 3.32. The summed E-state index contributed by atoms with van der Waals surface area (Å²) in [6.07, 6.45) is 0. The lowest BCUT2D eigenvalue weighted by molar-refractivity contribution is -0.136. The van der Waals surface area contributed by atoms with E-state index in [4.69, 9.17) is 9.47 Å². The first-order valence-electron chi connectivity index (χ1n) is 4.51. The van der Waals surface area contributed by atoms with Crippen molar-refractivity contribution in [3.05, 3.63) is 0 Å².